The van der Waals surface area contributed by atoms with Gasteiger partial charge in [-0.05, 0) is 30.5 Å². The Morgan fingerprint density at radius 3 is 2.83 bits per heavy atom. The fourth-order valence-corrected chi connectivity index (χ4v) is 2.79. The van der Waals surface area contributed by atoms with Gasteiger partial charge in [-0.2, -0.15) is 0 Å². The van der Waals surface area contributed by atoms with E-state index in [0.29, 0.717) is 12.2 Å². The van der Waals surface area contributed by atoms with Crippen LogP contribution >= 0.6 is 11.3 Å². The van der Waals surface area contributed by atoms with Gasteiger partial charge in [-0.1, -0.05) is 6.07 Å². The highest BCUT2D eigenvalue weighted by atomic mass is 32.1. The molecule has 2 rings (SSSR count). The average Bonchev–Trinajstić information content (AvgIpc) is 3.09. The largest absolute Gasteiger partial charge is 0.477 e. The Bertz CT molecular complexity index is 658. The van der Waals surface area contributed by atoms with Crippen LogP contribution in [0.4, 0.5) is 0 Å². The summed E-state index contributed by atoms with van der Waals surface area (Å²) >= 11 is 1.47. The molecule has 1 N–H and O–H groups in total. The summed E-state index contributed by atoms with van der Waals surface area (Å²) in [4.78, 5) is 29.1. The summed E-state index contributed by atoms with van der Waals surface area (Å²) in [7, 11) is 1.32. The predicted octanol–water partition coefficient (Wildman–Crippen LogP) is 2.58. The van der Waals surface area contributed by atoms with Crippen molar-refractivity contribution in [2.45, 2.75) is 19.4 Å². The summed E-state index contributed by atoms with van der Waals surface area (Å²) in [6.45, 7) is 2.23. The number of hydrogen-bond acceptors (Lipinski definition) is 6. The van der Waals surface area contributed by atoms with Crippen molar-refractivity contribution >= 4 is 23.2 Å². The molecule has 1 atom stereocenters. The number of rotatable bonds is 7. The highest BCUT2D eigenvalue weighted by Gasteiger charge is 2.22. The predicted molar refractivity (Wildman–Crippen MR) is 86.6 cm³/mol. The van der Waals surface area contributed by atoms with Gasteiger partial charge in [0.1, 0.15) is 5.56 Å². The maximum atomic E-state index is 12.5. The van der Waals surface area contributed by atoms with Gasteiger partial charge in [-0.3, -0.25) is 9.59 Å². The Morgan fingerprint density at radius 1 is 1.35 bits per heavy atom. The zero-order valence-corrected chi connectivity index (χ0v) is 13.8. The van der Waals surface area contributed by atoms with E-state index in [1.165, 1.54) is 18.4 Å². The van der Waals surface area contributed by atoms with Crippen molar-refractivity contribution in [3.63, 3.8) is 0 Å². The number of hydrogen-bond donors (Lipinski definition) is 1. The lowest BCUT2D eigenvalue weighted by Gasteiger charge is -2.17. The van der Waals surface area contributed by atoms with Gasteiger partial charge in [0.25, 0.3) is 5.91 Å². The number of methoxy groups -OCH3 is 1. The minimum Gasteiger partial charge on any atom is -0.477 e. The molecule has 0 aliphatic carbocycles. The third kappa shape index (κ3) is 4.53. The number of carbonyl (C=O) groups is 2. The van der Waals surface area contributed by atoms with Crippen LogP contribution < -0.4 is 10.1 Å². The van der Waals surface area contributed by atoms with E-state index >= 15 is 0 Å². The molecule has 0 saturated carbocycles. The third-order valence-electron chi connectivity index (χ3n) is 3.09. The standard InChI is InChI=1S/C16H18N2O4S/c1-3-22-16-11(6-4-8-17-16)15(20)18-12(10-14(19)21-2)13-7-5-9-23-13/h4-9,12H,3,10H2,1-2H3,(H,18,20)/t12-/m1/s1. The van der Waals surface area contributed by atoms with Crippen molar-refractivity contribution in [3.05, 3.63) is 46.3 Å². The molecular weight excluding hydrogens is 316 g/mol. The van der Waals surface area contributed by atoms with Crippen LogP contribution in [-0.2, 0) is 9.53 Å². The third-order valence-corrected chi connectivity index (χ3v) is 4.07. The molecule has 0 aromatic carbocycles. The minimum atomic E-state index is -0.454. The lowest BCUT2D eigenvalue weighted by Crippen LogP contribution is -2.30. The number of carbonyl (C=O) groups excluding carboxylic acids is 2. The minimum absolute atomic E-state index is 0.0625. The highest BCUT2D eigenvalue weighted by molar-refractivity contribution is 7.10. The van der Waals surface area contributed by atoms with Crippen molar-refractivity contribution in [3.8, 4) is 5.88 Å². The van der Waals surface area contributed by atoms with Crippen molar-refractivity contribution in [2.75, 3.05) is 13.7 Å². The van der Waals surface area contributed by atoms with Gasteiger partial charge >= 0.3 is 5.97 Å². The van der Waals surface area contributed by atoms with Gasteiger partial charge in [0.2, 0.25) is 5.88 Å². The molecule has 1 amide bonds. The number of esters is 1. The molecule has 0 aliphatic heterocycles. The quantitative estimate of drug-likeness (QED) is 0.788. The number of ether oxygens (including phenoxy) is 2. The molecule has 0 aliphatic rings. The van der Waals surface area contributed by atoms with E-state index in [1.807, 2.05) is 24.4 Å². The number of amides is 1. The maximum absolute atomic E-state index is 12.5. The van der Waals surface area contributed by atoms with Crippen LogP contribution in [0.1, 0.15) is 34.6 Å². The van der Waals surface area contributed by atoms with Gasteiger partial charge in [-0.15, -0.1) is 11.3 Å². The maximum Gasteiger partial charge on any atom is 0.307 e. The fourth-order valence-electron chi connectivity index (χ4n) is 2.01. The van der Waals surface area contributed by atoms with Crippen molar-refractivity contribution < 1.29 is 19.1 Å². The normalized spacial score (nSPS) is 11.6. The lowest BCUT2D eigenvalue weighted by molar-refractivity contribution is -0.141. The molecule has 0 bridgehead atoms. The molecule has 0 saturated heterocycles. The Hall–Kier alpha value is -2.41. The van der Waals surface area contributed by atoms with E-state index in [9.17, 15) is 9.59 Å². The van der Waals surface area contributed by atoms with E-state index < -0.39 is 6.04 Å². The topological polar surface area (TPSA) is 77.5 Å². The van der Waals surface area contributed by atoms with Crippen LogP contribution in [0, 0.1) is 0 Å². The smallest absolute Gasteiger partial charge is 0.307 e. The summed E-state index contributed by atoms with van der Waals surface area (Å²) in [6.07, 6.45) is 1.62. The van der Waals surface area contributed by atoms with Crippen LogP contribution in [0.5, 0.6) is 5.88 Å². The zero-order chi connectivity index (χ0) is 16.7. The number of pyridine rings is 1. The molecule has 0 fully saturated rings. The second kappa shape index (κ2) is 8.28. The molecule has 2 aromatic rings. The van der Waals surface area contributed by atoms with E-state index in [-0.39, 0.29) is 24.2 Å². The van der Waals surface area contributed by atoms with Gasteiger partial charge in [-0.25, -0.2) is 4.98 Å². The number of aromatic nitrogens is 1. The summed E-state index contributed by atoms with van der Waals surface area (Å²) in [5, 5.41) is 4.74. The lowest BCUT2D eigenvalue weighted by atomic mass is 10.1. The first-order chi connectivity index (χ1) is 11.2. The van der Waals surface area contributed by atoms with E-state index in [2.05, 4.69) is 10.3 Å². The first kappa shape index (κ1) is 17.0. The van der Waals surface area contributed by atoms with Crippen LogP contribution in [0.15, 0.2) is 35.8 Å². The van der Waals surface area contributed by atoms with Gasteiger partial charge in [0.15, 0.2) is 0 Å². The molecule has 0 spiro atoms. The number of nitrogens with one attached hydrogen (secondary N) is 1. The second-order valence-electron chi connectivity index (χ2n) is 4.61. The molecule has 7 heteroatoms. The SMILES string of the molecule is CCOc1ncccc1C(=O)N[C@H](CC(=O)OC)c1cccs1. The van der Waals surface area contributed by atoms with Gasteiger partial charge < -0.3 is 14.8 Å². The summed E-state index contributed by atoms with van der Waals surface area (Å²) in [5.74, 6) is -0.459. The van der Waals surface area contributed by atoms with E-state index in [1.54, 1.807) is 18.3 Å². The molecule has 2 heterocycles. The molecule has 0 unspecified atom stereocenters. The Kier molecular flexibility index (Phi) is 6.10. The summed E-state index contributed by atoms with van der Waals surface area (Å²) in [6, 6.07) is 6.58. The average molecular weight is 334 g/mol. The zero-order valence-electron chi connectivity index (χ0n) is 12.9. The number of nitrogens with zero attached hydrogens (tertiary/aromatic N) is 1. The first-order valence-electron chi connectivity index (χ1n) is 7.14. The molecular formula is C16H18N2O4S. The van der Waals surface area contributed by atoms with E-state index in [0.717, 1.165) is 4.88 Å². The highest BCUT2D eigenvalue weighted by Crippen LogP contribution is 2.24. The molecule has 6 nitrogen and oxygen atoms in total. The van der Waals surface area contributed by atoms with Crippen molar-refractivity contribution in [1.82, 2.24) is 10.3 Å². The monoisotopic (exact) mass is 334 g/mol. The number of thiophene rings is 1. The second-order valence-corrected chi connectivity index (χ2v) is 5.59. The molecule has 122 valence electrons. The fraction of sp³-hybridized carbons (Fsp3) is 0.312. The summed E-state index contributed by atoms with van der Waals surface area (Å²) < 4.78 is 10.1. The van der Waals surface area contributed by atoms with Crippen LogP contribution in [0.2, 0.25) is 0 Å². The first-order valence-corrected chi connectivity index (χ1v) is 8.02. The molecule has 0 radical (unpaired) electrons. The Labute approximate surface area is 138 Å². The van der Waals surface area contributed by atoms with Crippen LogP contribution in [0.25, 0.3) is 0 Å². The van der Waals surface area contributed by atoms with Gasteiger partial charge in [0.05, 0.1) is 26.2 Å². The van der Waals surface area contributed by atoms with Crippen LogP contribution in [-0.4, -0.2) is 30.6 Å². The van der Waals surface area contributed by atoms with E-state index in [4.69, 9.17) is 9.47 Å². The van der Waals surface area contributed by atoms with Gasteiger partial charge in [0, 0.05) is 11.1 Å². The Balaban J connectivity index is 2.19. The van der Waals surface area contributed by atoms with Crippen molar-refractivity contribution in [1.29, 1.82) is 0 Å². The summed E-state index contributed by atoms with van der Waals surface area (Å²) in [5.41, 5.74) is 0.334. The molecule has 2 aromatic heterocycles. The van der Waals surface area contributed by atoms with Crippen molar-refractivity contribution in [2.24, 2.45) is 0 Å². The Morgan fingerprint density at radius 2 is 2.17 bits per heavy atom. The molecule has 23 heavy (non-hydrogen) atoms. The van der Waals surface area contributed by atoms with Crippen LogP contribution in [0.3, 0.4) is 0 Å².